The number of aryl methyl sites for hydroxylation is 1. The number of rotatable bonds is 3. The van der Waals surface area contributed by atoms with Crippen LogP contribution in [0.25, 0.3) is 22.0 Å². The van der Waals surface area contributed by atoms with Crippen molar-refractivity contribution in [2.24, 2.45) is 7.05 Å². The van der Waals surface area contributed by atoms with Crippen LogP contribution in [0.5, 0.6) is 0 Å². The summed E-state index contributed by atoms with van der Waals surface area (Å²) >= 11 is 3.29. The van der Waals surface area contributed by atoms with Crippen LogP contribution in [-0.2, 0) is 17.1 Å². The Labute approximate surface area is 186 Å². The number of nitrogens with one attached hydrogen (secondary N) is 1. The van der Waals surface area contributed by atoms with E-state index in [1.807, 2.05) is 0 Å². The Balaban J connectivity index is 1.79. The van der Waals surface area contributed by atoms with E-state index in [9.17, 15) is 18.0 Å². The van der Waals surface area contributed by atoms with E-state index in [2.05, 4.69) is 20.7 Å². The molecule has 0 bridgehead atoms. The van der Waals surface area contributed by atoms with E-state index < -0.39 is 10.0 Å². The van der Waals surface area contributed by atoms with Crippen molar-refractivity contribution in [1.82, 2.24) is 4.57 Å². The molecule has 0 aliphatic heterocycles. The molecule has 0 amide bonds. The highest BCUT2D eigenvalue weighted by molar-refractivity contribution is 9.10. The minimum Gasteiger partial charge on any atom is -0.311 e. The highest BCUT2D eigenvalue weighted by Gasteiger charge is 2.30. The first-order valence-electron chi connectivity index (χ1n) is 9.37. The number of nitrogens with zero attached hydrogens (tertiary/aromatic N) is 1. The Morgan fingerprint density at radius 1 is 0.871 bits per heavy atom. The number of anilines is 1. The lowest BCUT2D eigenvalue weighted by atomic mass is 9.83. The molecule has 1 aliphatic carbocycles. The predicted molar refractivity (Wildman–Crippen MR) is 123 cm³/mol. The quantitative estimate of drug-likeness (QED) is 0.404. The summed E-state index contributed by atoms with van der Waals surface area (Å²) in [5.41, 5.74) is 2.48. The topological polar surface area (TPSA) is 85.2 Å². The zero-order chi connectivity index (χ0) is 21.9. The van der Waals surface area contributed by atoms with Crippen molar-refractivity contribution in [2.45, 2.75) is 4.90 Å². The van der Waals surface area contributed by atoms with Crippen LogP contribution < -0.4 is 10.3 Å². The summed E-state index contributed by atoms with van der Waals surface area (Å²) in [7, 11) is -2.30. The van der Waals surface area contributed by atoms with E-state index in [-0.39, 0.29) is 27.5 Å². The fourth-order valence-corrected chi connectivity index (χ4v) is 5.29. The van der Waals surface area contributed by atoms with E-state index in [0.717, 1.165) is 4.47 Å². The van der Waals surface area contributed by atoms with Crippen molar-refractivity contribution in [2.75, 3.05) is 4.72 Å². The van der Waals surface area contributed by atoms with Crippen LogP contribution in [0.4, 0.5) is 5.69 Å². The molecular formula is C23H15BrN2O4S. The van der Waals surface area contributed by atoms with Crippen LogP contribution in [0.3, 0.4) is 0 Å². The second kappa shape index (κ2) is 6.90. The molecule has 0 unspecified atom stereocenters. The van der Waals surface area contributed by atoms with E-state index in [1.54, 1.807) is 49.5 Å². The summed E-state index contributed by atoms with van der Waals surface area (Å²) < 4.78 is 30.8. The third-order valence-corrected chi connectivity index (χ3v) is 7.38. The zero-order valence-electron chi connectivity index (χ0n) is 16.2. The predicted octanol–water partition coefficient (Wildman–Crippen LogP) is 4.31. The number of sulfonamides is 1. The third kappa shape index (κ3) is 3.02. The number of carbonyl (C=O) groups excluding carboxylic acids is 1. The molecule has 8 heteroatoms. The standard InChI is InChI=1S/C23H15BrN2O4S/c1-26-19-11-10-18(25-31(29,30)14-8-6-13(24)7-9-14)22-21(19)17(12-20(26)27)15-4-2-3-5-16(15)23(22)28/h2-12,25H,1H3. The van der Waals surface area contributed by atoms with Crippen molar-refractivity contribution in [3.05, 3.63) is 92.7 Å². The minimum absolute atomic E-state index is 0.0762. The van der Waals surface area contributed by atoms with Gasteiger partial charge in [0.15, 0.2) is 5.78 Å². The summed E-state index contributed by atoms with van der Waals surface area (Å²) in [5.74, 6) is -0.291. The summed E-state index contributed by atoms with van der Waals surface area (Å²) in [5, 5.41) is 0.557. The van der Waals surface area contributed by atoms with E-state index in [1.165, 1.54) is 28.8 Å². The van der Waals surface area contributed by atoms with Gasteiger partial charge in [-0.1, -0.05) is 40.2 Å². The number of hydrogen-bond acceptors (Lipinski definition) is 4. The molecule has 31 heavy (non-hydrogen) atoms. The lowest BCUT2D eigenvalue weighted by Crippen LogP contribution is -2.22. The van der Waals surface area contributed by atoms with Crippen LogP contribution in [-0.4, -0.2) is 18.8 Å². The number of pyridine rings is 1. The summed E-state index contributed by atoms with van der Waals surface area (Å²) in [6.07, 6.45) is 0. The van der Waals surface area contributed by atoms with Gasteiger partial charge < -0.3 is 4.57 Å². The van der Waals surface area contributed by atoms with Gasteiger partial charge in [-0.2, -0.15) is 0 Å². The monoisotopic (exact) mass is 494 g/mol. The van der Waals surface area contributed by atoms with Gasteiger partial charge in [-0.15, -0.1) is 0 Å². The van der Waals surface area contributed by atoms with E-state index in [4.69, 9.17) is 0 Å². The second-order valence-electron chi connectivity index (χ2n) is 7.27. The number of halogens is 1. The van der Waals surface area contributed by atoms with Crippen molar-refractivity contribution >= 4 is 48.3 Å². The maximum atomic E-state index is 13.5. The van der Waals surface area contributed by atoms with Crippen LogP contribution in [0.2, 0.25) is 0 Å². The van der Waals surface area contributed by atoms with Gasteiger partial charge in [-0.3, -0.25) is 14.3 Å². The molecule has 1 aromatic heterocycles. The smallest absolute Gasteiger partial charge is 0.261 e. The van der Waals surface area contributed by atoms with Crippen molar-refractivity contribution in [1.29, 1.82) is 0 Å². The average molecular weight is 495 g/mol. The first kappa shape index (κ1) is 19.7. The van der Waals surface area contributed by atoms with Crippen molar-refractivity contribution < 1.29 is 13.2 Å². The maximum absolute atomic E-state index is 13.5. The molecule has 4 aromatic rings. The lowest BCUT2D eigenvalue weighted by Gasteiger charge is -2.23. The maximum Gasteiger partial charge on any atom is 0.261 e. The van der Waals surface area contributed by atoms with Gasteiger partial charge >= 0.3 is 0 Å². The van der Waals surface area contributed by atoms with E-state index >= 15 is 0 Å². The fourth-order valence-electron chi connectivity index (χ4n) is 3.96. The summed E-state index contributed by atoms with van der Waals surface area (Å²) in [6.45, 7) is 0. The number of benzene rings is 3. The SMILES string of the molecule is Cn1c(=O)cc2c3c(c(NS(=O)(=O)c4ccc(Br)cc4)ccc31)C(=O)c1ccccc1-2. The minimum atomic E-state index is -3.93. The molecule has 0 spiro atoms. The zero-order valence-corrected chi connectivity index (χ0v) is 18.6. The van der Waals surface area contributed by atoms with Crippen LogP contribution in [0.15, 0.2) is 80.9 Å². The highest BCUT2D eigenvalue weighted by atomic mass is 79.9. The number of fused-ring (bicyclic) bond motifs is 2. The Morgan fingerprint density at radius 2 is 1.55 bits per heavy atom. The highest BCUT2D eigenvalue weighted by Crippen LogP contribution is 2.41. The van der Waals surface area contributed by atoms with Crippen molar-refractivity contribution in [3.8, 4) is 11.1 Å². The molecule has 5 rings (SSSR count). The molecule has 0 saturated carbocycles. The van der Waals surface area contributed by atoms with Gasteiger partial charge in [0.2, 0.25) is 0 Å². The van der Waals surface area contributed by atoms with Gasteiger partial charge in [0.05, 0.1) is 21.7 Å². The number of ketones is 1. The van der Waals surface area contributed by atoms with Crippen LogP contribution >= 0.6 is 15.9 Å². The molecule has 0 saturated heterocycles. The average Bonchev–Trinajstić information content (AvgIpc) is 2.75. The molecule has 6 nitrogen and oxygen atoms in total. The molecular weight excluding hydrogens is 480 g/mol. The number of hydrogen-bond donors (Lipinski definition) is 1. The molecule has 154 valence electrons. The Hall–Kier alpha value is -3.23. The van der Waals surface area contributed by atoms with Gasteiger partial charge in [-0.25, -0.2) is 8.42 Å². The van der Waals surface area contributed by atoms with E-state index in [0.29, 0.717) is 27.6 Å². The third-order valence-electron chi connectivity index (χ3n) is 5.47. The Kier molecular flexibility index (Phi) is 4.39. The lowest BCUT2D eigenvalue weighted by molar-refractivity contribution is 0.104. The second-order valence-corrected chi connectivity index (χ2v) is 9.87. The van der Waals surface area contributed by atoms with Crippen LogP contribution in [0.1, 0.15) is 15.9 Å². The van der Waals surface area contributed by atoms with Gasteiger partial charge in [-0.05, 0) is 47.5 Å². The molecule has 0 radical (unpaired) electrons. The molecule has 3 aromatic carbocycles. The van der Waals surface area contributed by atoms with Crippen molar-refractivity contribution in [3.63, 3.8) is 0 Å². The van der Waals surface area contributed by atoms with Gasteiger partial charge in [0.25, 0.3) is 15.6 Å². The summed E-state index contributed by atoms with van der Waals surface area (Å²) in [4.78, 5) is 26.1. The normalized spacial score (nSPS) is 12.6. The largest absolute Gasteiger partial charge is 0.311 e. The Morgan fingerprint density at radius 3 is 2.26 bits per heavy atom. The van der Waals surface area contributed by atoms with Gasteiger partial charge in [0, 0.05) is 28.5 Å². The molecule has 1 N–H and O–H groups in total. The van der Waals surface area contributed by atoms with Crippen LogP contribution in [0, 0.1) is 0 Å². The van der Waals surface area contributed by atoms with Gasteiger partial charge in [0.1, 0.15) is 0 Å². The fraction of sp³-hybridized carbons (Fsp3) is 0.0435. The first-order valence-corrected chi connectivity index (χ1v) is 11.6. The summed E-state index contributed by atoms with van der Waals surface area (Å²) in [6, 6.07) is 17.9. The number of carbonyl (C=O) groups is 1. The molecule has 0 fully saturated rings. The Bertz CT molecular complexity index is 1570. The number of aromatic nitrogens is 1. The molecule has 1 heterocycles. The molecule has 1 aliphatic rings. The first-order chi connectivity index (χ1) is 14.8. The molecule has 0 atom stereocenters.